The lowest BCUT2D eigenvalue weighted by Crippen LogP contribution is -2.48. The first-order valence-corrected chi connectivity index (χ1v) is 12.3. The molecule has 7 N–H and O–H groups in total. The van der Waals surface area contributed by atoms with E-state index in [2.05, 4.69) is 15.0 Å². The number of aliphatic carboxylic acids is 1. The quantitative estimate of drug-likeness (QED) is 0.206. The third-order valence-electron chi connectivity index (χ3n) is 4.63. The molecule has 1 heterocycles. The number of carbonyl (C=O) groups is 2. The molecule has 0 saturated carbocycles. The molecule has 0 unspecified atom stereocenters. The van der Waals surface area contributed by atoms with Crippen LogP contribution in [0.15, 0.2) is 76.6 Å². The van der Waals surface area contributed by atoms with E-state index in [1.165, 1.54) is 35.6 Å². The van der Waals surface area contributed by atoms with E-state index in [9.17, 15) is 23.1 Å². The number of guanidine groups is 1. The van der Waals surface area contributed by atoms with Crippen molar-refractivity contribution >= 4 is 39.2 Å². The summed E-state index contributed by atoms with van der Waals surface area (Å²) in [6, 6.07) is 16.7. The summed E-state index contributed by atoms with van der Waals surface area (Å²) in [4.78, 5) is 29.2. The van der Waals surface area contributed by atoms with E-state index in [-0.39, 0.29) is 10.9 Å². The fourth-order valence-electron chi connectivity index (χ4n) is 2.89. The Morgan fingerprint density at radius 3 is 2.29 bits per heavy atom. The van der Waals surface area contributed by atoms with Gasteiger partial charge in [0.15, 0.2) is 5.96 Å². The highest BCUT2D eigenvalue weighted by Crippen LogP contribution is 2.28. The van der Waals surface area contributed by atoms with Crippen LogP contribution in [0.2, 0.25) is 0 Å². The lowest BCUT2D eigenvalue weighted by molar-refractivity contribution is -0.138. The summed E-state index contributed by atoms with van der Waals surface area (Å²) in [6.07, 6.45) is 0. The van der Waals surface area contributed by atoms with Gasteiger partial charge in [-0.2, -0.15) is 4.72 Å². The lowest BCUT2D eigenvalue weighted by Gasteiger charge is -2.15. The zero-order valence-electron chi connectivity index (χ0n) is 17.8. The zero-order valence-corrected chi connectivity index (χ0v) is 19.5. The molecule has 0 aliphatic carbocycles. The number of nitrogens with one attached hydrogen (secondary N) is 2. The Balaban J connectivity index is 1.63. The second kappa shape index (κ2) is 10.9. The van der Waals surface area contributed by atoms with Crippen LogP contribution in [0.25, 0.3) is 10.4 Å². The largest absolute Gasteiger partial charge is 0.480 e. The van der Waals surface area contributed by atoms with Crippen LogP contribution in [-0.2, 0) is 21.4 Å². The van der Waals surface area contributed by atoms with E-state index in [1.807, 2.05) is 24.3 Å². The van der Waals surface area contributed by atoms with Crippen molar-refractivity contribution in [3.05, 3.63) is 77.2 Å². The molecule has 34 heavy (non-hydrogen) atoms. The van der Waals surface area contributed by atoms with Crippen molar-refractivity contribution in [3.63, 3.8) is 0 Å². The summed E-state index contributed by atoms with van der Waals surface area (Å²) in [5, 5.41) is 11.9. The van der Waals surface area contributed by atoms with E-state index in [0.717, 1.165) is 16.0 Å². The number of carbonyl (C=O) groups excluding carboxylic acids is 1. The number of hydrogen-bond donors (Lipinski definition) is 5. The van der Waals surface area contributed by atoms with Crippen molar-refractivity contribution < 1.29 is 23.1 Å². The highest BCUT2D eigenvalue weighted by molar-refractivity contribution is 7.89. The average molecular weight is 502 g/mol. The molecule has 1 atom stereocenters. The van der Waals surface area contributed by atoms with Crippen molar-refractivity contribution in [3.8, 4) is 10.4 Å². The number of aliphatic imine (C=N–C) groups is 1. The van der Waals surface area contributed by atoms with Crippen LogP contribution in [0.5, 0.6) is 0 Å². The predicted molar refractivity (Wildman–Crippen MR) is 130 cm³/mol. The zero-order chi connectivity index (χ0) is 24.7. The minimum atomic E-state index is -4.06. The first kappa shape index (κ1) is 24.9. The molecule has 0 aliphatic rings. The first-order valence-electron chi connectivity index (χ1n) is 9.98. The van der Waals surface area contributed by atoms with Gasteiger partial charge in [0.05, 0.1) is 16.3 Å². The van der Waals surface area contributed by atoms with Gasteiger partial charge in [-0.05, 0) is 35.4 Å². The Morgan fingerprint density at radius 1 is 1.00 bits per heavy atom. The van der Waals surface area contributed by atoms with Gasteiger partial charge in [0.2, 0.25) is 10.0 Å². The van der Waals surface area contributed by atoms with Gasteiger partial charge in [-0.1, -0.05) is 42.5 Å². The van der Waals surface area contributed by atoms with Gasteiger partial charge in [-0.3, -0.25) is 9.59 Å². The van der Waals surface area contributed by atoms with Gasteiger partial charge >= 0.3 is 5.97 Å². The average Bonchev–Trinajstić information content (AvgIpc) is 3.31. The van der Waals surface area contributed by atoms with Crippen LogP contribution in [-0.4, -0.2) is 43.9 Å². The Bertz CT molecular complexity index is 1280. The third kappa shape index (κ3) is 6.63. The third-order valence-corrected chi connectivity index (χ3v) is 7.25. The van der Waals surface area contributed by atoms with Crippen molar-refractivity contribution in [2.24, 2.45) is 16.5 Å². The molecule has 2 aromatic carbocycles. The first-order chi connectivity index (χ1) is 16.2. The van der Waals surface area contributed by atoms with E-state index < -0.39 is 34.5 Å². The molecule has 0 saturated heterocycles. The van der Waals surface area contributed by atoms with Gasteiger partial charge < -0.3 is 21.9 Å². The number of amides is 1. The summed E-state index contributed by atoms with van der Waals surface area (Å²) in [5.41, 5.74) is 12.5. The topological polar surface area (TPSA) is 177 Å². The molecule has 178 valence electrons. The monoisotopic (exact) mass is 501 g/mol. The molecular formula is C22H23N5O5S2. The predicted octanol–water partition coefficient (Wildman–Crippen LogP) is 1.35. The molecule has 0 bridgehead atoms. The number of sulfonamides is 1. The molecule has 1 aromatic heterocycles. The molecule has 12 heteroatoms. The van der Waals surface area contributed by atoms with Gasteiger partial charge in [0.25, 0.3) is 5.91 Å². The second-order valence-electron chi connectivity index (χ2n) is 7.14. The van der Waals surface area contributed by atoms with Crippen LogP contribution in [0, 0.1) is 0 Å². The number of rotatable bonds is 10. The number of benzene rings is 2. The molecule has 0 fully saturated rings. The summed E-state index contributed by atoms with van der Waals surface area (Å²) >= 11 is 1.22. The maximum Gasteiger partial charge on any atom is 0.323 e. The van der Waals surface area contributed by atoms with E-state index in [0.29, 0.717) is 11.4 Å². The number of nitrogens with zero attached hydrogens (tertiary/aromatic N) is 1. The van der Waals surface area contributed by atoms with Crippen LogP contribution >= 0.6 is 11.3 Å². The van der Waals surface area contributed by atoms with E-state index >= 15 is 0 Å². The smallest absolute Gasteiger partial charge is 0.323 e. The number of hydrogen-bond acceptors (Lipinski definition) is 6. The van der Waals surface area contributed by atoms with Crippen molar-refractivity contribution in [1.82, 2.24) is 10.0 Å². The Hall–Kier alpha value is -3.74. The Kier molecular flexibility index (Phi) is 7.99. The van der Waals surface area contributed by atoms with Crippen molar-refractivity contribution in [2.45, 2.75) is 17.5 Å². The van der Waals surface area contributed by atoms with E-state index in [1.54, 1.807) is 18.2 Å². The van der Waals surface area contributed by atoms with Gasteiger partial charge in [-0.15, -0.1) is 11.3 Å². The number of carboxylic acids is 1. The molecule has 3 aromatic rings. The lowest BCUT2D eigenvalue weighted by atomic mass is 10.1. The van der Waals surface area contributed by atoms with Gasteiger partial charge in [0, 0.05) is 11.4 Å². The summed E-state index contributed by atoms with van der Waals surface area (Å²) < 4.78 is 26.9. The van der Waals surface area contributed by atoms with Crippen LogP contribution < -0.4 is 21.5 Å². The second-order valence-corrected chi connectivity index (χ2v) is 9.93. The molecule has 0 aliphatic heterocycles. The summed E-state index contributed by atoms with van der Waals surface area (Å²) in [6.45, 7) is -0.0631. The molecular weight excluding hydrogens is 478 g/mol. The minimum Gasteiger partial charge on any atom is -0.480 e. The van der Waals surface area contributed by atoms with E-state index in [4.69, 9.17) is 11.5 Å². The molecule has 10 nitrogen and oxygen atoms in total. The molecule has 3 rings (SSSR count). The van der Waals surface area contributed by atoms with Crippen molar-refractivity contribution in [2.75, 3.05) is 6.54 Å². The van der Waals surface area contributed by atoms with Crippen LogP contribution in [0.4, 0.5) is 0 Å². The Labute approximate surface area is 200 Å². The highest BCUT2D eigenvalue weighted by atomic mass is 32.2. The standard InChI is InChI=1S/C22H23N5O5S2/c23-22(24)26-12-14-6-8-15(9-7-14)18-10-11-19(33-18)20(28)25-13-17(21(29)30)27-34(31,32)16-4-2-1-3-5-16/h1-11,17,27H,12-13H2,(H,25,28)(H,29,30)(H4,23,24,26)/t17-/m0/s1. The summed E-state index contributed by atoms with van der Waals surface area (Å²) in [5.74, 6) is -1.91. The maximum absolute atomic E-state index is 12.5. The van der Waals surface area contributed by atoms with Crippen LogP contribution in [0.3, 0.4) is 0 Å². The Morgan fingerprint density at radius 2 is 1.68 bits per heavy atom. The number of thiophene rings is 1. The number of nitrogens with two attached hydrogens (primary N) is 2. The molecule has 0 radical (unpaired) electrons. The molecule has 0 spiro atoms. The van der Waals surface area contributed by atoms with Crippen molar-refractivity contribution in [1.29, 1.82) is 0 Å². The fourth-order valence-corrected chi connectivity index (χ4v) is 5.03. The van der Waals surface area contributed by atoms with Crippen LogP contribution in [0.1, 0.15) is 15.2 Å². The molecule has 1 amide bonds. The van der Waals surface area contributed by atoms with Gasteiger partial charge in [-0.25, -0.2) is 13.4 Å². The highest BCUT2D eigenvalue weighted by Gasteiger charge is 2.26. The fraction of sp³-hybridized carbons (Fsp3) is 0.136. The maximum atomic E-state index is 12.5. The normalized spacial score (nSPS) is 12.0. The minimum absolute atomic E-state index is 0.0102. The SMILES string of the molecule is NC(N)=NCc1ccc(-c2ccc(C(=O)NC[C@H](NS(=O)(=O)c3ccccc3)C(=O)O)s2)cc1. The summed E-state index contributed by atoms with van der Waals surface area (Å²) in [7, 11) is -4.06. The van der Waals surface area contributed by atoms with Gasteiger partial charge in [0.1, 0.15) is 6.04 Å². The number of carboxylic acid groups (broad SMARTS) is 1.